The Morgan fingerprint density at radius 1 is 0.846 bits per heavy atom. The Balaban J connectivity index is 2.04. The highest BCUT2D eigenvalue weighted by Gasteiger charge is 2.10. The topological polar surface area (TPSA) is 75.3 Å². The zero-order valence-corrected chi connectivity index (χ0v) is 15.3. The second kappa shape index (κ2) is 8.25. The molecule has 2 aromatic carbocycles. The van der Waals surface area contributed by atoms with Crippen LogP contribution in [-0.4, -0.2) is 17.6 Å². The summed E-state index contributed by atoms with van der Waals surface area (Å²) in [6, 6.07) is 12.3. The van der Waals surface area contributed by atoms with Crippen molar-refractivity contribution >= 4 is 29.0 Å². The highest BCUT2D eigenvalue weighted by atomic mass is 16.2. The minimum absolute atomic E-state index is 0.0397. The Morgan fingerprint density at radius 3 is 1.96 bits per heavy atom. The minimum Gasteiger partial charge on any atom is -0.322 e. The molecule has 134 valence electrons. The van der Waals surface area contributed by atoms with Gasteiger partial charge in [-0.05, 0) is 63.1 Å². The van der Waals surface area contributed by atoms with Gasteiger partial charge in [-0.2, -0.15) is 0 Å². The maximum Gasteiger partial charge on any atom is 0.251 e. The van der Waals surface area contributed by atoms with Crippen molar-refractivity contribution in [2.24, 2.45) is 0 Å². The molecule has 0 heterocycles. The third kappa shape index (κ3) is 4.89. The number of Topliss-reactive ketones (excluding diaryl/α,β-unsaturated/α-hetero) is 1. The lowest BCUT2D eigenvalue weighted by molar-refractivity contribution is -0.114. The van der Waals surface area contributed by atoms with Crippen molar-refractivity contribution in [1.82, 2.24) is 0 Å². The van der Waals surface area contributed by atoms with Gasteiger partial charge in [0, 0.05) is 28.6 Å². The normalized spacial score (nSPS) is 11.0. The van der Waals surface area contributed by atoms with Gasteiger partial charge in [0.25, 0.3) is 5.91 Å². The van der Waals surface area contributed by atoms with E-state index in [4.69, 9.17) is 0 Å². The number of benzene rings is 2. The number of aryl methyl sites for hydroxylation is 2. The fourth-order valence-electron chi connectivity index (χ4n) is 2.45. The highest BCUT2D eigenvalue weighted by Crippen LogP contribution is 2.19. The molecule has 5 heteroatoms. The number of carbonyl (C=O) groups excluding carboxylic acids is 3. The van der Waals surface area contributed by atoms with Gasteiger partial charge in [0.2, 0.25) is 5.91 Å². The number of amides is 2. The van der Waals surface area contributed by atoms with E-state index in [-0.39, 0.29) is 23.2 Å². The van der Waals surface area contributed by atoms with Crippen molar-refractivity contribution in [3.8, 4) is 0 Å². The van der Waals surface area contributed by atoms with Gasteiger partial charge >= 0.3 is 0 Å². The van der Waals surface area contributed by atoms with E-state index >= 15 is 0 Å². The summed E-state index contributed by atoms with van der Waals surface area (Å²) in [4.78, 5) is 35.7. The summed E-state index contributed by atoms with van der Waals surface area (Å²) >= 11 is 0. The number of rotatable bonds is 5. The van der Waals surface area contributed by atoms with Crippen LogP contribution >= 0.6 is 0 Å². The van der Waals surface area contributed by atoms with E-state index in [1.807, 2.05) is 32.0 Å². The first-order valence-electron chi connectivity index (χ1n) is 8.26. The molecule has 2 rings (SSSR count). The molecule has 0 fully saturated rings. The fourth-order valence-corrected chi connectivity index (χ4v) is 2.45. The van der Waals surface area contributed by atoms with Crippen LogP contribution in [0.1, 0.15) is 35.3 Å². The largest absolute Gasteiger partial charge is 0.322 e. The zero-order chi connectivity index (χ0) is 19.3. The molecular weight excluding hydrogens is 328 g/mol. The third-order valence-corrected chi connectivity index (χ3v) is 3.98. The van der Waals surface area contributed by atoms with Crippen LogP contribution in [0.2, 0.25) is 0 Å². The van der Waals surface area contributed by atoms with Crippen molar-refractivity contribution in [2.75, 3.05) is 10.6 Å². The molecule has 0 aliphatic rings. The summed E-state index contributed by atoms with van der Waals surface area (Å²) in [6.45, 7) is 6.88. The summed E-state index contributed by atoms with van der Waals surface area (Å²) < 4.78 is 0. The van der Waals surface area contributed by atoms with Crippen LogP contribution in [0.5, 0.6) is 0 Å². The minimum atomic E-state index is -0.378. The van der Waals surface area contributed by atoms with Crippen molar-refractivity contribution in [3.63, 3.8) is 0 Å². The number of hydrogen-bond donors (Lipinski definition) is 2. The molecule has 2 N–H and O–H groups in total. The molecule has 0 unspecified atom stereocenters. The predicted molar refractivity (Wildman–Crippen MR) is 103 cm³/mol. The Labute approximate surface area is 153 Å². The molecule has 0 aliphatic carbocycles. The van der Waals surface area contributed by atoms with E-state index in [0.29, 0.717) is 11.3 Å². The smallest absolute Gasteiger partial charge is 0.251 e. The van der Waals surface area contributed by atoms with E-state index in [9.17, 15) is 14.4 Å². The Bertz CT molecular complexity index is 860. The molecule has 0 radical (unpaired) electrons. The molecule has 5 nitrogen and oxygen atoms in total. The number of para-hydroxylation sites is 1. The standard InChI is InChI=1S/C21H22N2O3/c1-13-6-5-7-14(2)20(13)23-19(25)12-15(3)21(26)22-18-10-8-17(9-11-18)16(4)24/h5-12H,1-4H3,(H,22,26)(H,23,25)/b15-12-. The number of ketones is 1. The van der Waals surface area contributed by atoms with Gasteiger partial charge in [0.05, 0.1) is 0 Å². The lowest BCUT2D eigenvalue weighted by Crippen LogP contribution is -2.17. The molecule has 0 aliphatic heterocycles. The fraction of sp³-hybridized carbons (Fsp3) is 0.190. The molecule has 0 saturated carbocycles. The van der Waals surface area contributed by atoms with Crippen LogP contribution < -0.4 is 10.6 Å². The van der Waals surface area contributed by atoms with Gasteiger partial charge in [-0.1, -0.05) is 18.2 Å². The number of nitrogens with one attached hydrogen (secondary N) is 2. The van der Waals surface area contributed by atoms with E-state index in [1.54, 1.807) is 31.2 Å². The monoisotopic (exact) mass is 350 g/mol. The van der Waals surface area contributed by atoms with Gasteiger partial charge in [-0.3, -0.25) is 14.4 Å². The second-order valence-corrected chi connectivity index (χ2v) is 6.17. The summed E-state index contributed by atoms with van der Waals surface area (Å²) in [5.74, 6) is -0.777. The van der Waals surface area contributed by atoms with Crippen LogP contribution in [-0.2, 0) is 9.59 Å². The maximum atomic E-state index is 12.2. The second-order valence-electron chi connectivity index (χ2n) is 6.17. The van der Waals surface area contributed by atoms with Gasteiger partial charge in [0.1, 0.15) is 0 Å². The van der Waals surface area contributed by atoms with Crippen LogP contribution in [0, 0.1) is 13.8 Å². The molecule has 0 bridgehead atoms. The van der Waals surface area contributed by atoms with E-state index in [2.05, 4.69) is 10.6 Å². The van der Waals surface area contributed by atoms with Crippen LogP contribution in [0.25, 0.3) is 0 Å². The zero-order valence-electron chi connectivity index (χ0n) is 15.3. The summed E-state index contributed by atoms with van der Waals surface area (Å²) in [6.07, 6.45) is 1.27. The Morgan fingerprint density at radius 2 is 1.42 bits per heavy atom. The first-order valence-corrected chi connectivity index (χ1v) is 8.26. The highest BCUT2D eigenvalue weighted by molar-refractivity contribution is 6.10. The average Bonchev–Trinajstić information content (AvgIpc) is 2.58. The summed E-state index contributed by atoms with van der Waals surface area (Å²) in [5.41, 5.74) is 4.08. The van der Waals surface area contributed by atoms with Crippen LogP contribution in [0.15, 0.2) is 54.1 Å². The first kappa shape index (κ1) is 19.1. The number of anilines is 2. The SMILES string of the molecule is CC(=O)c1ccc(NC(=O)/C(C)=C\C(=O)Nc2c(C)cccc2C)cc1. The lowest BCUT2D eigenvalue weighted by atomic mass is 10.1. The predicted octanol–water partition coefficient (Wildman–Crippen LogP) is 4.03. The van der Waals surface area contributed by atoms with Crippen LogP contribution in [0.4, 0.5) is 11.4 Å². The molecular formula is C21H22N2O3. The lowest BCUT2D eigenvalue weighted by Gasteiger charge is -2.10. The van der Waals surface area contributed by atoms with Gasteiger partial charge in [-0.25, -0.2) is 0 Å². The average molecular weight is 350 g/mol. The Kier molecular flexibility index (Phi) is 6.07. The summed E-state index contributed by atoms with van der Waals surface area (Å²) in [7, 11) is 0. The van der Waals surface area contributed by atoms with Gasteiger partial charge < -0.3 is 10.6 Å². The van der Waals surface area contributed by atoms with E-state index in [0.717, 1.165) is 16.8 Å². The maximum absolute atomic E-state index is 12.2. The number of hydrogen-bond acceptors (Lipinski definition) is 3. The Hall–Kier alpha value is -3.21. The van der Waals surface area contributed by atoms with Crippen molar-refractivity contribution < 1.29 is 14.4 Å². The molecule has 26 heavy (non-hydrogen) atoms. The first-order chi connectivity index (χ1) is 12.3. The van der Waals surface area contributed by atoms with Crippen molar-refractivity contribution in [3.05, 3.63) is 70.8 Å². The van der Waals surface area contributed by atoms with E-state index in [1.165, 1.54) is 13.0 Å². The molecule has 0 atom stereocenters. The molecule has 2 aromatic rings. The summed E-state index contributed by atoms with van der Waals surface area (Å²) in [5, 5.41) is 5.52. The van der Waals surface area contributed by atoms with Crippen LogP contribution in [0.3, 0.4) is 0 Å². The van der Waals surface area contributed by atoms with E-state index < -0.39 is 0 Å². The van der Waals surface area contributed by atoms with Gasteiger partial charge in [0.15, 0.2) is 5.78 Å². The molecule has 0 saturated heterocycles. The third-order valence-electron chi connectivity index (χ3n) is 3.98. The molecule has 0 spiro atoms. The molecule has 0 aromatic heterocycles. The van der Waals surface area contributed by atoms with Crippen molar-refractivity contribution in [1.29, 1.82) is 0 Å². The molecule has 2 amide bonds. The number of carbonyl (C=O) groups is 3. The quantitative estimate of drug-likeness (QED) is 0.631. The van der Waals surface area contributed by atoms with Crippen molar-refractivity contribution in [2.45, 2.75) is 27.7 Å². The van der Waals surface area contributed by atoms with Gasteiger partial charge in [-0.15, -0.1) is 0 Å².